The maximum absolute atomic E-state index is 9.01. The molecule has 3 aromatic rings. The number of aliphatic hydroxyl groups is 1. The number of benzene rings is 2. The van der Waals surface area contributed by atoms with Gasteiger partial charge in [-0.3, -0.25) is 0 Å². The Kier molecular flexibility index (Phi) is 3.27. The molecule has 19 heavy (non-hydrogen) atoms. The highest BCUT2D eigenvalue weighted by Gasteiger charge is 2.04. The first-order chi connectivity index (χ1) is 9.24. The quantitative estimate of drug-likeness (QED) is 0.765. The summed E-state index contributed by atoms with van der Waals surface area (Å²) in [5, 5.41) is 9.90. The van der Waals surface area contributed by atoms with Gasteiger partial charge in [0.1, 0.15) is 0 Å². The largest absolute Gasteiger partial charge is 0.392 e. The number of aromatic amines is 1. The van der Waals surface area contributed by atoms with Gasteiger partial charge in [-0.15, -0.1) is 0 Å². The molecule has 0 aliphatic carbocycles. The second-order valence-corrected chi connectivity index (χ2v) is 5.53. The summed E-state index contributed by atoms with van der Waals surface area (Å²) in [6.45, 7) is 2.15. The lowest BCUT2D eigenvalue weighted by Crippen LogP contribution is -1.82. The standard InChI is InChI=1S/C15H14N2OS/c1-10-2-7-13-14(8-10)17-15(16-13)19-12-5-3-11(9-18)4-6-12/h2-8,18H,9H2,1H3,(H,16,17). The molecule has 96 valence electrons. The Morgan fingerprint density at radius 1 is 1.16 bits per heavy atom. The minimum Gasteiger partial charge on any atom is -0.392 e. The van der Waals surface area contributed by atoms with E-state index in [1.54, 1.807) is 11.8 Å². The highest BCUT2D eigenvalue weighted by atomic mass is 32.2. The summed E-state index contributed by atoms with van der Waals surface area (Å²) in [6, 6.07) is 14.0. The minimum atomic E-state index is 0.0782. The Balaban J connectivity index is 1.87. The third-order valence-electron chi connectivity index (χ3n) is 2.94. The van der Waals surface area contributed by atoms with Crippen molar-refractivity contribution >= 4 is 22.8 Å². The molecular formula is C15H14N2OS. The summed E-state index contributed by atoms with van der Waals surface area (Å²) in [5.74, 6) is 0. The number of aromatic nitrogens is 2. The number of hydrogen-bond donors (Lipinski definition) is 2. The number of H-pyrrole nitrogens is 1. The maximum Gasteiger partial charge on any atom is 0.171 e. The monoisotopic (exact) mass is 270 g/mol. The number of aliphatic hydroxyl groups excluding tert-OH is 1. The van der Waals surface area contributed by atoms with Crippen LogP contribution >= 0.6 is 11.8 Å². The van der Waals surface area contributed by atoms with Crippen LogP contribution in [-0.2, 0) is 6.61 Å². The first kappa shape index (κ1) is 12.3. The van der Waals surface area contributed by atoms with Crippen LogP contribution in [0.15, 0.2) is 52.5 Å². The van der Waals surface area contributed by atoms with Gasteiger partial charge in [0.25, 0.3) is 0 Å². The zero-order valence-electron chi connectivity index (χ0n) is 10.6. The smallest absolute Gasteiger partial charge is 0.171 e. The zero-order chi connectivity index (χ0) is 13.2. The Labute approximate surface area is 115 Å². The lowest BCUT2D eigenvalue weighted by atomic mass is 10.2. The highest BCUT2D eigenvalue weighted by Crippen LogP contribution is 2.27. The van der Waals surface area contributed by atoms with Gasteiger partial charge in [0.15, 0.2) is 5.16 Å². The van der Waals surface area contributed by atoms with Gasteiger partial charge >= 0.3 is 0 Å². The fraction of sp³-hybridized carbons (Fsp3) is 0.133. The molecule has 1 aromatic heterocycles. The fourth-order valence-corrected chi connectivity index (χ4v) is 2.72. The van der Waals surface area contributed by atoms with Gasteiger partial charge in [0, 0.05) is 4.90 Å². The molecule has 0 fully saturated rings. The van der Waals surface area contributed by atoms with Crippen molar-refractivity contribution in [3.63, 3.8) is 0 Å². The van der Waals surface area contributed by atoms with Gasteiger partial charge in [-0.2, -0.15) is 0 Å². The van der Waals surface area contributed by atoms with Crippen LogP contribution in [0.5, 0.6) is 0 Å². The average Bonchev–Trinajstić information content (AvgIpc) is 2.81. The molecule has 0 amide bonds. The molecule has 1 heterocycles. The van der Waals surface area contributed by atoms with Crippen molar-refractivity contribution in [1.29, 1.82) is 0 Å². The van der Waals surface area contributed by atoms with Gasteiger partial charge < -0.3 is 10.1 Å². The Morgan fingerprint density at radius 2 is 1.95 bits per heavy atom. The molecule has 0 spiro atoms. The minimum absolute atomic E-state index is 0.0782. The third kappa shape index (κ3) is 2.64. The first-order valence-electron chi connectivity index (χ1n) is 6.08. The van der Waals surface area contributed by atoms with E-state index in [9.17, 15) is 0 Å². The van der Waals surface area contributed by atoms with E-state index in [0.717, 1.165) is 26.6 Å². The van der Waals surface area contributed by atoms with E-state index in [2.05, 4.69) is 29.0 Å². The van der Waals surface area contributed by atoms with Crippen LogP contribution < -0.4 is 0 Å². The van der Waals surface area contributed by atoms with E-state index in [-0.39, 0.29) is 6.61 Å². The van der Waals surface area contributed by atoms with E-state index in [1.165, 1.54) is 5.56 Å². The number of nitrogens with zero attached hydrogens (tertiary/aromatic N) is 1. The Morgan fingerprint density at radius 3 is 2.68 bits per heavy atom. The van der Waals surface area contributed by atoms with Gasteiger partial charge in [-0.05, 0) is 42.3 Å². The lowest BCUT2D eigenvalue weighted by Gasteiger charge is -1.99. The van der Waals surface area contributed by atoms with Crippen molar-refractivity contribution in [2.45, 2.75) is 23.6 Å². The summed E-state index contributed by atoms with van der Waals surface area (Å²) < 4.78 is 0. The molecule has 0 aliphatic heterocycles. The van der Waals surface area contributed by atoms with Crippen molar-refractivity contribution in [1.82, 2.24) is 9.97 Å². The van der Waals surface area contributed by atoms with E-state index < -0.39 is 0 Å². The molecule has 0 radical (unpaired) electrons. The average molecular weight is 270 g/mol. The van der Waals surface area contributed by atoms with Gasteiger partial charge in [0.2, 0.25) is 0 Å². The van der Waals surface area contributed by atoms with E-state index in [4.69, 9.17) is 5.11 Å². The lowest BCUT2D eigenvalue weighted by molar-refractivity contribution is 0.282. The van der Waals surface area contributed by atoms with Crippen molar-refractivity contribution < 1.29 is 5.11 Å². The van der Waals surface area contributed by atoms with E-state index in [1.807, 2.05) is 30.3 Å². The normalized spacial score (nSPS) is 11.1. The van der Waals surface area contributed by atoms with Crippen LogP contribution in [0.3, 0.4) is 0 Å². The van der Waals surface area contributed by atoms with Crippen LogP contribution in [-0.4, -0.2) is 15.1 Å². The molecule has 3 nitrogen and oxygen atoms in total. The summed E-state index contributed by atoms with van der Waals surface area (Å²) in [7, 11) is 0. The summed E-state index contributed by atoms with van der Waals surface area (Å²) in [6.07, 6.45) is 0. The molecule has 0 unspecified atom stereocenters. The Bertz CT molecular complexity index is 704. The van der Waals surface area contributed by atoms with Crippen molar-refractivity contribution in [3.05, 3.63) is 53.6 Å². The molecule has 4 heteroatoms. The van der Waals surface area contributed by atoms with Crippen LogP contribution in [0.1, 0.15) is 11.1 Å². The van der Waals surface area contributed by atoms with Gasteiger partial charge in [-0.25, -0.2) is 4.98 Å². The van der Waals surface area contributed by atoms with Crippen LogP contribution in [0, 0.1) is 6.92 Å². The van der Waals surface area contributed by atoms with Gasteiger partial charge in [0.05, 0.1) is 17.6 Å². The van der Waals surface area contributed by atoms with Crippen molar-refractivity contribution in [2.24, 2.45) is 0 Å². The van der Waals surface area contributed by atoms with E-state index >= 15 is 0 Å². The summed E-state index contributed by atoms with van der Waals surface area (Å²) >= 11 is 1.59. The predicted molar refractivity (Wildman–Crippen MR) is 77.3 cm³/mol. The number of aryl methyl sites for hydroxylation is 1. The van der Waals surface area contributed by atoms with Crippen LogP contribution in [0.2, 0.25) is 0 Å². The second-order valence-electron chi connectivity index (χ2n) is 4.47. The topological polar surface area (TPSA) is 48.9 Å². The number of rotatable bonds is 3. The molecular weight excluding hydrogens is 256 g/mol. The highest BCUT2D eigenvalue weighted by molar-refractivity contribution is 7.99. The van der Waals surface area contributed by atoms with E-state index in [0.29, 0.717) is 0 Å². The molecule has 3 rings (SSSR count). The maximum atomic E-state index is 9.01. The number of fused-ring (bicyclic) bond motifs is 1. The zero-order valence-corrected chi connectivity index (χ0v) is 11.4. The number of nitrogens with one attached hydrogen (secondary N) is 1. The summed E-state index contributed by atoms with van der Waals surface area (Å²) in [5.41, 5.74) is 4.19. The molecule has 0 bridgehead atoms. The number of hydrogen-bond acceptors (Lipinski definition) is 3. The van der Waals surface area contributed by atoms with Crippen molar-refractivity contribution in [2.75, 3.05) is 0 Å². The molecule has 2 aromatic carbocycles. The third-order valence-corrected chi connectivity index (χ3v) is 3.83. The molecule has 0 aliphatic rings. The number of imidazole rings is 1. The molecule has 2 N–H and O–H groups in total. The summed E-state index contributed by atoms with van der Waals surface area (Å²) in [4.78, 5) is 8.97. The van der Waals surface area contributed by atoms with Crippen molar-refractivity contribution in [3.8, 4) is 0 Å². The predicted octanol–water partition coefficient (Wildman–Crippen LogP) is 3.51. The first-order valence-corrected chi connectivity index (χ1v) is 6.90. The molecule has 0 saturated carbocycles. The van der Waals surface area contributed by atoms with Crippen LogP contribution in [0.4, 0.5) is 0 Å². The second kappa shape index (κ2) is 5.07. The molecule has 0 saturated heterocycles. The molecule has 0 atom stereocenters. The SMILES string of the molecule is Cc1ccc2nc(Sc3ccc(CO)cc3)[nH]c2c1. The van der Waals surface area contributed by atoms with Crippen LogP contribution in [0.25, 0.3) is 11.0 Å². The van der Waals surface area contributed by atoms with Gasteiger partial charge in [-0.1, -0.05) is 30.0 Å². The fourth-order valence-electron chi connectivity index (χ4n) is 1.92. The Hall–Kier alpha value is -1.78.